The summed E-state index contributed by atoms with van der Waals surface area (Å²) in [6.45, 7) is 5.10. The summed E-state index contributed by atoms with van der Waals surface area (Å²) in [6.07, 6.45) is 3.84. The van der Waals surface area contributed by atoms with E-state index in [4.69, 9.17) is 5.11 Å². The van der Waals surface area contributed by atoms with Crippen molar-refractivity contribution in [2.24, 2.45) is 5.41 Å². The van der Waals surface area contributed by atoms with Crippen LogP contribution in [0.2, 0.25) is 0 Å². The highest BCUT2D eigenvalue weighted by Crippen LogP contribution is 2.43. The molecule has 1 aliphatic heterocycles. The predicted octanol–water partition coefficient (Wildman–Crippen LogP) is 2.35. The minimum Gasteiger partial charge on any atom is -0.465 e. The van der Waals surface area contributed by atoms with E-state index in [0.717, 1.165) is 30.5 Å². The molecule has 3 rings (SSSR count). The molecule has 6 nitrogen and oxygen atoms in total. The summed E-state index contributed by atoms with van der Waals surface area (Å²) in [6, 6.07) is 0.181. The largest absolute Gasteiger partial charge is 0.465 e. The first-order valence-electron chi connectivity index (χ1n) is 7.49. The van der Waals surface area contributed by atoms with Crippen molar-refractivity contribution < 1.29 is 14.7 Å². The maximum atomic E-state index is 12.6. The highest BCUT2D eigenvalue weighted by molar-refractivity contribution is 5.97. The summed E-state index contributed by atoms with van der Waals surface area (Å²) in [7, 11) is 0. The van der Waals surface area contributed by atoms with Gasteiger partial charge in [-0.15, -0.1) is 0 Å². The van der Waals surface area contributed by atoms with Crippen molar-refractivity contribution in [3.63, 3.8) is 0 Å². The van der Waals surface area contributed by atoms with Crippen LogP contribution >= 0.6 is 0 Å². The Morgan fingerprint density at radius 2 is 2.00 bits per heavy atom. The van der Waals surface area contributed by atoms with Gasteiger partial charge in [-0.3, -0.25) is 9.48 Å². The minimum absolute atomic E-state index is 0.0686. The van der Waals surface area contributed by atoms with Crippen LogP contribution in [-0.4, -0.2) is 44.8 Å². The van der Waals surface area contributed by atoms with Crippen molar-refractivity contribution in [1.29, 1.82) is 0 Å². The number of carboxylic acid groups (broad SMARTS) is 1. The van der Waals surface area contributed by atoms with Crippen LogP contribution in [0, 0.1) is 5.41 Å². The predicted molar refractivity (Wildman–Crippen MR) is 76.5 cm³/mol. The molecule has 1 N–H and O–H groups in total. The first kappa shape index (κ1) is 14.1. The van der Waals surface area contributed by atoms with Crippen LogP contribution in [0.15, 0.2) is 6.20 Å². The van der Waals surface area contributed by atoms with E-state index in [0.29, 0.717) is 19.5 Å². The van der Waals surface area contributed by atoms with Gasteiger partial charge in [-0.1, -0.05) is 0 Å². The number of nitrogens with zero attached hydrogens (tertiary/aromatic N) is 3. The van der Waals surface area contributed by atoms with Crippen molar-refractivity contribution in [2.75, 3.05) is 13.1 Å². The smallest absolute Gasteiger partial charge is 0.407 e. The SMILES string of the molecule is CC(C)n1ncc2c1C(=O)CC1(CCN(C(=O)O)CC1)C2. The third kappa shape index (κ3) is 2.32. The molecule has 2 heterocycles. The number of likely N-dealkylation sites (tertiary alicyclic amines) is 1. The van der Waals surface area contributed by atoms with Crippen LogP contribution in [0.1, 0.15) is 55.2 Å². The fraction of sp³-hybridized carbons (Fsp3) is 0.667. The Labute approximate surface area is 123 Å². The topological polar surface area (TPSA) is 75.4 Å². The number of amides is 1. The van der Waals surface area contributed by atoms with E-state index in [-0.39, 0.29) is 17.2 Å². The molecule has 1 aromatic heterocycles. The number of aromatic nitrogens is 2. The van der Waals surface area contributed by atoms with Crippen LogP contribution in [0.4, 0.5) is 4.79 Å². The number of carbonyl (C=O) groups is 2. The summed E-state index contributed by atoms with van der Waals surface area (Å²) < 4.78 is 1.82. The van der Waals surface area contributed by atoms with Crippen molar-refractivity contribution in [3.05, 3.63) is 17.5 Å². The number of carbonyl (C=O) groups excluding carboxylic acids is 1. The lowest BCUT2D eigenvalue weighted by atomic mass is 9.67. The highest BCUT2D eigenvalue weighted by atomic mass is 16.4. The summed E-state index contributed by atoms with van der Waals surface area (Å²) in [5.41, 5.74) is 1.72. The van der Waals surface area contributed by atoms with Crippen molar-refractivity contribution in [1.82, 2.24) is 14.7 Å². The van der Waals surface area contributed by atoms with Crippen molar-refractivity contribution >= 4 is 11.9 Å². The van der Waals surface area contributed by atoms with E-state index in [1.165, 1.54) is 4.90 Å². The van der Waals surface area contributed by atoms with Gasteiger partial charge in [0.25, 0.3) is 0 Å². The average Bonchev–Trinajstić information content (AvgIpc) is 2.83. The van der Waals surface area contributed by atoms with Gasteiger partial charge in [-0.25, -0.2) is 4.79 Å². The molecular weight excluding hydrogens is 270 g/mol. The standard InChI is InChI=1S/C15H21N3O3/c1-10(2)18-13-11(9-16-18)7-15(8-12(13)19)3-5-17(6-4-15)14(20)21/h9-10H,3-8H2,1-2H3,(H,20,21). The molecular formula is C15H21N3O3. The molecule has 2 aliphatic rings. The van der Waals surface area contributed by atoms with E-state index in [2.05, 4.69) is 5.10 Å². The lowest BCUT2D eigenvalue weighted by molar-refractivity contribution is 0.0655. The van der Waals surface area contributed by atoms with E-state index in [9.17, 15) is 9.59 Å². The van der Waals surface area contributed by atoms with E-state index in [1.54, 1.807) is 0 Å². The van der Waals surface area contributed by atoms with Crippen LogP contribution < -0.4 is 0 Å². The monoisotopic (exact) mass is 291 g/mol. The first-order valence-corrected chi connectivity index (χ1v) is 7.49. The van der Waals surface area contributed by atoms with Crippen LogP contribution in [-0.2, 0) is 6.42 Å². The zero-order valence-electron chi connectivity index (χ0n) is 12.5. The quantitative estimate of drug-likeness (QED) is 0.861. The van der Waals surface area contributed by atoms with Gasteiger partial charge in [-0.05, 0) is 38.5 Å². The van der Waals surface area contributed by atoms with Gasteiger partial charge >= 0.3 is 6.09 Å². The summed E-state index contributed by atoms with van der Waals surface area (Å²) in [4.78, 5) is 25.0. The molecule has 1 fully saturated rings. The molecule has 1 amide bonds. The first-order chi connectivity index (χ1) is 9.92. The fourth-order valence-corrected chi connectivity index (χ4v) is 3.64. The fourth-order valence-electron chi connectivity index (χ4n) is 3.64. The molecule has 1 aliphatic carbocycles. The van der Waals surface area contributed by atoms with Gasteiger partial charge in [0.15, 0.2) is 5.78 Å². The molecule has 0 bridgehead atoms. The third-order valence-corrected chi connectivity index (χ3v) is 4.82. The van der Waals surface area contributed by atoms with Gasteiger partial charge < -0.3 is 10.0 Å². The molecule has 6 heteroatoms. The van der Waals surface area contributed by atoms with Crippen molar-refractivity contribution in [2.45, 2.75) is 45.6 Å². The molecule has 1 saturated heterocycles. The lowest BCUT2D eigenvalue weighted by Crippen LogP contribution is -2.46. The molecule has 0 atom stereocenters. The lowest BCUT2D eigenvalue weighted by Gasteiger charge is -2.42. The van der Waals surface area contributed by atoms with Crippen LogP contribution in [0.25, 0.3) is 0 Å². The van der Waals surface area contributed by atoms with Crippen LogP contribution in [0.3, 0.4) is 0 Å². The Bertz CT molecular complexity index is 583. The number of hydrogen-bond donors (Lipinski definition) is 1. The molecule has 0 unspecified atom stereocenters. The van der Waals surface area contributed by atoms with Crippen molar-refractivity contribution in [3.8, 4) is 0 Å². The second kappa shape index (κ2) is 4.86. The Hall–Kier alpha value is -1.85. The summed E-state index contributed by atoms with van der Waals surface area (Å²) in [5, 5.41) is 13.4. The summed E-state index contributed by atoms with van der Waals surface area (Å²) >= 11 is 0. The van der Waals surface area contributed by atoms with E-state index in [1.807, 2.05) is 24.7 Å². The van der Waals surface area contributed by atoms with Gasteiger partial charge in [0.2, 0.25) is 0 Å². The van der Waals surface area contributed by atoms with Crippen LogP contribution in [0.5, 0.6) is 0 Å². The molecule has 0 saturated carbocycles. The number of fused-ring (bicyclic) bond motifs is 1. The second-order valence-corrected chi connectivity index (χ2v) is 6.60. The average molecular weight is 291 g/mol. The molecule has 0 radical (unpaired) electrons. The zero-order chi connectivity index (χ0) is 15.2. The molecule has 1 spiro atoms. The van der Waals surface area contributed by atoms with E-state index >= 15 is 0 Å². The second-order valence-electron chi connectivity index (χ2n) is 6.60. The number of piperidine rings is 1. The molecule has 1 aromatic rings. The maximum Gasteiger partial charge on any atom is 0.407 e. The third-order valence-electron chi connectivity index (χ3n) is 4.82. The zero-order valence-corrected chi connectivity index (χ0v) is 12.5. The Morgan fingerprint density at radius 1 is 1.33 bits per heavy atom. The molecule has 21 heavy (non-hydrogen) atoms. The number of hydrogen-bond acceptors (Lipinski definition) is 3. The maximum absolute atomic E-state index is 12.6. The Balaban J connectivity index is 1.83. The number of rotatable bonds is 1. The highest BCUT2D eigenvalue weighted by Gasteiger charge is 2.43. The summed E-state index contributed by atoms with van der Waals surface area (Å²) in [5.74, 6) is 0.159. The normalized spacial score (nSPS) is 20.9. The number of Topliss-reactive ketones (excluding diaryl/α,β-unsaturated/α-hetero) is 1. The Kier molecular flexibility index (Phi) is 3.26. The Morgan fingerprint density at radius 3 is 2.57 bits per heavy atom. The van der Waals surface area contributed by atoms with Gasteiger partial charge in [0, 0.05) is 31.1 Å². The van der Waals surface area contributed by atoms with Gasteiger partial charge in [0.05, 0.1) is 6.20 Å². The minimum atomic E-state index is -0.861. The van der Waals surface area contributed by atoms with Gasteiger partial charge in [0.1, 0.15) is 5.69 Å². The van der Waals surface area contributed by atoms with E-state index < -0.39 is 6.09 Å². The molecule has 114 valence electrons. The van der Waals surface area contributed by atoms with Gasteiger partial charge in [-0.2, -0.15) is 5.10 Å². The number of ketones is 1. The molecule has 0 aromatic carbocycles.